The van der Waals surface area contributed by atoms with Crippen molar-refractivity contribution in [2.24, 2.45) is 0 Å². The van der Waals surface area contributed by atoms with Gasteiger partial charge in [0.15, 0.2) is 0 Å². The summed E-state index contributed by atoms with van der Waals surface area (Å²) < 4.78 is 0. The molecule has 0 spiro atoms. The molecule has 0 bridgehead atoms. The normalized spacial score (nSPS) is 10.2. The molecule has 0 atom stereocenters. The van der Waals surface area contributed by atoms with Crippen molar-refractivity contribution < 1.29 is 4.79 Å². The summed E-state index contributed by atoms with van der Waals surface area (Å²) in [5.41, 5.74) is 1.82. The van der Waals surface area contributed by atoms with Crippen LogP contribution in [0.4, 0.5) is 0 Å². The smallest absolute Gasteiger partial charge is 0.226 e. The van der Waals surface area contributed by atoms with E-state index in [0.29, 0.717) is 18.0 Å². The number of carbonyl (C=O) groups is 1. The van der Waals surface area contributed by atoms with Crippen LogP contribution in [0.5, 0.6) is 0 Å². The summed E-state index contributed by atoms with van der Waals surface area (Å²) >= 11 is 5.77. The number of amides is 1. The van der Waals surface area contributed by atoms with Gasteiger partial charge in [0, 0.05) is 23.5 Å². The van der Waals surface area contributed by atoms with Crippen molar-refractivity contribution in [1.29, 1.82) is 0 Å². The largest absolute Gasteiger partial charge is 0.352 e. The van der Waals surface area contributed by atoms with E-state index in [4.69, 9.17) is 11.6 Å². The Hall–Kier alpha value is -1.81. The molecule has 2 N–H and O–H groups in total. The van der Waals surface area contributed by atoms with Crippen LogP contribution in [0.25, 0.3) is 0 Å². The second kappa shape index (κ2) is 5.50. The highest BCUT2D eigenvalue weighted by Crippen LogP contribution is 2.09. The molecule has 2 rings (SSSR count). The quantitative estimate of drug-likeness (QED) is 0.870. The highest BCUT2D eigenvalue weighted by atomic mass is 35.5. The van der Waals surface area contributed by atoms with Gasteiger partial charge in [-0.1, -0.05) is 23.7 Å². The molecule has 1 aromatic heterocycles. The second-order valence-corrected chi connectivity index (χ2v) is 4.09. The summed E-state index contributed by atoms with van der Waals surface area (Å²) in [4.78, 5) is 18.3. The van der Waals surface area contributed by atoms with Crippen LogP contribution in [-0.4, -0.2) is 15.9 Å². The Morgan fingerprint density at radius 3 is 2.76 bits per heavy atom. The Kier molecular flexibility index (Phi) is 3.77. The molecule has 0 fully saturated rings. The number of H-pyrrole nitrogens is 1. The molecule has 1 heterocycles. The molecule has 0 aliphatic rings. The van der Waals surface area contributed by atoms with Gasteiger partial charge in [-0.25, -0.2) is 4.98 Å². The van der Waals surface area contributed by atoms with Crippen molar-refractivity contribution >= 4 is 17.5 Å². The lowest BCUT2D eigenvalue weighted by Gasteiger charge is -2.04. The van der Waals surface area contributed by atoms with Crippen LogP contribution in [0.3, 0.4) is 0 Å². The fourth-order valence-corrected chi connectivity index (χ4v) is 1.55. The first-order chi connectivity index (χ1) is 8.24. The zero-order valence-electron chi connectivity index (χ0n) is 9.11. The third-order valence-corrected chi connectivity index (χ3v) is 2.56. The molecule has 4 nitrogen and oxygen atoms in total. The summed E-state index contributed by atoms with van der Waals surface area (Å²) in [6.45, 7) is 0.504. The first-order valence-electron chi connectivity index (χ1n) is 5.22. The number of nitrogens with one attached hydrogen (secondary N) is 2. The van der Waals surface area contributed by atoms with Crippen molar-refractivity contribution in [3.63, 3.8) is 0 Å². The molecule has 1 amide bonds. The maximum atomic E-state index is 11.6. The molecule has 0 saturated heterocycles. The number of hydrogen-bond donors (Lipinski definition) is 2. The van der Waals surface area contributed by atoms with Gasteiger partial charge in [-0.3, -0.25) is 4.79 Å². The summed E-state index contributed by atoms with van der Waals surface area (Å²) in [6.07, 6.45) is 3.51. The summed E-state index contributed by atoms with van der Waals surface area (Å²) in [5.74, 6) is -0.0378. The number of carbonyl (C=O) groups excluding carboxylic acids is 1. The molecule has 2 aromatic rings. The molecule has 1 aromatic carbocycles. The first-order valence-corrected chi connectivity index (χ1v) is 5.60. The highest BCUT2D eigenvalue weighted by molar-refractivity contribution is 6.30. The topological polar surface area (TPSA) is 57.8 Å². The predicted molar refractivity (Wildman–Crippen MR) is 65.6 cm³/mol. The maximum absolute atomic E-state index is 11.6. The van der Waals surface area contributed by atoms with Crippen LogP contribution in [0.2, 0.25) is 5.02 Å². The number of hydrogen-bond acceptors (Lipinski definition) is 2. The van der Waals surface area contributed by atoms with Crippen molar-refractivity contribution in [3.05, 3.63) is 53.1 Å². The zero-order chi connectivity index (χ0) is 12.1. The van der Waals surface area contributed by atoms with E-state index in [-0.39, 0.29) is 5.91 Å². The van der Waals surface area contributed by atoms with Gasteiger partial charge >= 0.3 is 0 Å². The van der Waals surface area contributed by atoms with Gasteiger partial charge in [0.05, 0.1) is 12.7 Å². The van der Waals surface area contributed by atoms with E-state index in [1.165, 1.54) is 0 Å². The van der Waals surface area contributed by atoms with E-state index < -0.39 is 0 Å². The predicted octanol–water partition coefficient (Wildman–Crippen LogP) is 1.92. The van der Waals surface area contributed by atoms with E-state index >= 15 is 0 Å². The zero-order valence-corrected chi connectivity index (χ0v) is 9.87. The summed E-state index contributed by atoms with van der Waals surface area (Å²) in [5, 5.41) is 3.52. The van der Waals surface area contributed by atoms with Gasteiger partial charge in [0.25, 0.3) is 0 Å². The lowest BCUT2D eigenvalue weighted by molar-refractivity contribution is -0.120. The summed E-state index contributed by atoms with van der Waals surface area (Å²) in [7, 11) is 0. The SMILES string of the molecule is O=C(Cc1cnc[nH]1)NCc1ccc(Cl)cc1. The van der Waals surface area contributed by atoms with E-state index in [9.17, 15) is 4.79 Å². The van der Waals surface area contributed by atoms with Gasteiger partial charge in [-0.15, -0.1) is 0 Å². The number of halogens is 1. The Bertz CT molecular complexity index is 479. The molecule has 0 radical (unpaired) electrons. The third kappa shape index (κ3) is 3.60. The van der Waals surface area contributed by atoms with Crippen molar-refractivity contribution in [2.75, 3.05) is 0 Å². The molecule has 0 saturated carbocycles. The van der Waals surface area contributed by atoms with Gasteiger partial charge in [-0.05, 0) is 17.7 Å². The number of rotatable bonds is 4. The first kappa shape index (κ1) is 11.7. The van der Waals surface area contributed by atoms with E-state index in [1.54, 1.807) is 24.7 Å². The number of imidazole rings is 1. The number of benzene rings is 1. The summed E-state index contributed by atoms with van der Waals surface area (Å²) in [6, 6.07) is 7.38. The lowest BCUT2D eigenvalue weighted by Crippen LogP contribution is -2.24. The molecule has 17 heavy (non-hydrogen) atoms. The van der Waals surface area contributed by atoms with Gasteiger partial charge in [0.1, 0.15) is 0 Å². The molecule has 5 heteroatoms. The van der Waals surface area contributed by atoms with Crippen LogP contribution < -0.4 is 5.32 Å². The van der Waals surface area contributed by atoms with E-state index in [0.717, 1.165) is 11.3 Å². The molecule has 0 aliphatic heterocycles. The average Bonchev–Trinajstić information content (AvgIpc) is 2.81. The van der Waals surface area contributed by atoms with Crippen molar-refractivity contribution in [2.45, 2.75) is 13.0 Å². The molecular weight excluding hydrogens is 238 g/mol. The van der Waals surface area contributed by atoms with Crippen LogP contribution in [0.15, 0.2) is 36.8 Å². The highest BCUT2D eigenvalue weighted by Gasteiger charge is 2.03. The van der Waals surface area contributed by atoms with E-state index in [2.05, 4.69) is 15.3 Å². The van der Waals surface area contributed by atoms with E-state index in [1.807, 2.05) is 12.1 Å². The molecule has 0 aliphatic carbocycles. The average molecular weight is 250 g/mol. The second-order valence-electron chi connectivity index (χ2n) is 3.66. The van der Waals surface area contributed by atoms with Crippen LogP contribution >= 0.6 is 11.6 Å². The molecular formula is C12H12ClN3O. The fraction of sp³-hybridized carbons (Fsp3) is 0.167. The monoisotopic (exact) mass is 249 g/mol. The van der Waals surface area contributed by atoms with Crippen molar-refractivity contribution in [3.8, 4) is 0 Å². The standard InChI is InChI=1S/C12H12ClN3O/c13-10-3-1-9(2-4-10)6-15-12(17)5-11-7-14-8-16-11/h1-4,7-8H,5-6H2,(H,14,16)(H,15,17). The lowest BCUT2D eigenvalue weighted by atomic mass is 10.2. The fourth-order valence-electron chi connectivity index (χ4n) is 1.42. The Morgan fingerprint density at radius 1 is 1.35 bits per heavy atom. The van der Waals surface area contributed by atoms with Crippen LogP contribution in [0.1, 0.15) is 11.3 Å². The van der Waals surface area contributed by atoms with Crippen molar-refractivity contribution in [1.82, 2.24) is 15.3 Å². The minimum Gasteiger partial charge on any atom is -0.352 e. The Morgan fingerprint density at radius 2 is 2.12 bits per heavy atom. The third-order valence-electron chi connectivity index (χ3n) is 2.31. The van der Waals surface area contributed by atoms with Crippen LogP contribution in [-0.2, 0) is 17.8 Å². The molecule has 0 unspecified atom stereocenters. The molecule has 88 valence electrons. The Labute approximate surface area is 104 Å². The maximum Gasteiger partial charge on any atom is 0.226 e. The van der Waals surface area contributed by atoms with Gasteiger partial charge in [-0.2, -0.15) is 0 Å². The van der Waals surface area contributed by atoms with Gasteiger partial charge in [0.2, 0.25) is 5.91 Å². The minimum absolute atomic E-state index is 0.0378. The van der Waals surface area contributed by atoms with Crippen LogP contribution in [0, 0.1) is 0 Å². The number of aromatic amines is 1. The number of aromatic nitrogens is 2. The number of nitrogens with zero attached hydrogens (tertiary/aromatic N) is 1. The Balaban J connectivity index is 1.82. The minimum atomic E-state index is -0.0378. The van der Waals surface area contributed by atoms with Gasteiger partial charge < -0.3 is 10.3 Å².